The first-order valence-corrected chi connectivity index (χ1v) is 14.5. The predicted molar refractivity (Wildman–Crippen MR) is 165 cm³/mol. The van der Waals surface area contributed by atoms with E-state index >= 15 is 0 Å². The molecule has 4 amide bonds. The Kier molecular flexibility index (Phi) is 7.59. The van der Waals surface area contributed by atoms with Crippen LogP contribution in [0.2, 0.25) is 0 Å². The molecule has 2 aliphatic heterocycles. The van der Waals surface area contributed by atoms with Crippen molar-refractivity contribution in [1.82, 2.24) is 19.8 Å². The summed E-state index contributed by atoms with van der Waals surface area (Å²) in [6.07, 6.45) is 6.28. The van der Waals surface area contributed by atoms with Gasteiger partial charge in [-0.05, 0) is 62.3 Å². The number of carbonyl (C=O) groups excluding carboxylic acids is 4. The van der Waals surface area contributed by atoms with Gasteiger partial charge in [0.1, 0.15) is 0 Å². The maximum absolute atomic E-state index is 13.4. The minimum absolute atomic E-state index is 0.199. The first kappa shape index (κ1) is 28.4. The second-order valence-corrected chi connectivity index (χ2v) is 11.3. The summed E-state index contributed by atoms with van der Waals surface area (Å²) in [6.45, 7) is 5.59. The molecule has 5 N–H and O–H groups in total. The molecule has 43 heavy (non-hydrogen) atoms. The molecule has 0 bridgehead atoms. The Labute approximate surface area is 247 Å². The van der Waals surface area contributed by atoms with Crippen LogP contribution >= 0.6 is 0 Å². The fourth-order valence-electron chi connectivity index (χ4n) is 6.23. The minimum atomic E-state index is -0.648. The summed E-state index contributed by atoms with van der Waals surface area (Å²) < 4.78 is 1.90. The highest BCUT2D eigenvalue weighted by atomic mass is 16.3. The highest BCUT2D eigenvalue weighted by molar-refractivity contribution is 6.50. The molecule has 1 fully saturated rings. The van der Waals surface area contributed by atoms with Crippen LogP contribution in [-0.2, 0) is 25.7 Å². The number of aliphatic hydroxyl groups is 1. The van der Waals surface area contributed by atoms with E-state index in [-0.39, 0.29) is 29.5 Å². The van der Waals surface area contributed by atoms with E-state index in [4.69, 9.17) is 0 Å². The van der Waals surface area contributed by atoms with Crippen molar-refractivity contribution < 1.29 is 24.3 Å². The number of aliphatic hydroxyl groups excluding tert-OH is 1. The van der Waals surface area contributed by atoms with Gasteiger partial charge < -0.3 is 30.2 Å². The molecule has 1 atom stereocenters. The summed E-state index contributed by atoms with van der Waals surface area (Å²) >= 11 is 0. The zero-order valence-electron chi connectivity index (χ0n) is 24.1. The third-order valence-corrected chi connectivity index (χ3v) is 8.00. The number of H-pyrrole nitrogens is 1. The van der Waals surface area contributed by atoms with E-state index in [1.54, 1.807) is 42.7 Å². The number of anilines is 2. The van der Waals surface area contributed by atoms with Crippen LogP contribution < -0.4 is 16.0 Å². The molecule has 4 heterocycles. The lowest BCUT2D eigenvalue weighted by Gasteiger charge is -2.28. The number of carbonyl (C=O) groups is 4. The normalized spacial score (nSPS) is 16.6. The Morgan fingerprint density at radius 1 is 0.860 bits per heavy atom. The average Bonchev–Trinajstić information content (AvgIpc) is 3.60. The molecule has 1 unspecified atom stereocenters. The molecular formula is C32H34N6O5. The summed E-state index contributed by atoms with van der Waals surface area (Å²) in [5.74, 6) is -1.53. The van der Waals surface area contributed by atoms with Gasteiger partial charge in [0.05, 0.1) is 17.3 Å². The van der Waals surface area contributed by atoms with Crippen molar-refractivity contribution >= 4 is 68.0 Å². The number of likely N-dealkylation sites (tertiary alicyclic amines) is 1. The molecule has 222 valence electrons. The monoisotopic (exact) mass is 582 g/mol. The smallest absolute Gasteiger partial charge is 0.259 e. The Morgan fingerprint density at radius 3 is 2.16 bits per heavy atom. The second-order valence-electron chi connectivity index (χ2n) is 11.3. The Bertz CT molecular complexity index is 1810. The summed E-state index contributed by atoms with van der Waals surface area (Å²) in [7, 11) is 0. The molecular weight excluding hydrogens is 548 g/mol. The Balaban J connectivity index is 1.48. The number of piperidine rings is 1. The van der Waals surface area contributed by atoms with Gasteiger partial charge in [-0.15, -0.1) is 0 Å². The average molecular weight is 583 g/mol. The van der Waals surface area contributed by atoms with Crippen molar-refractivity contribution in [1.29, 1.82) is 0 Å². The first-order valence-electron chi connectivity index (χ1n) is 14.5. The molecule has 2 aromatic heterocycles. The lowest BCUT2D eigenvalue weighted by molar-refractivity contribution is -0.123. The Morgan fingerprint density at radius 2 is 1.49 bits per heavy atom. The van der Waals surface area contributed by atoms with Crippen LogP contribution in [0.25, 0.3) is 33.0 Å². The van der Waals surface area contributed by atoms with E-state index in [0.29, 0.717) is 39.8 Å². The standard InChI is InChI=1S/C32H34N6O5/c1-18(39)34-20-6-8-27-23(12-20)25(14-33-27)29-30(32(43)36-31(29)42)26-17-38(16-22(41)15-37-10-4-3-5-11-37)28-9-7-21(13-24(26)28)35-19(2)40/h6-9,12-14,17,22,33,41H,3-5,10-11,15-16H2,1-2H3,(H,34,39)(H,35,40)(H,36,42,43). The van der Waals surface area contributed by atoms with E-state index < -0.39 is 17.9 Å². The summed E-state index contributed by atoms with van der Waals surface area (Å²) in [5.41, 5.74) is 4.03. The lowest BCUT2D eigenvalue weighted by Crippen LogP contribution is -2.37. The zero-order valence-corrected chi connectivity index (χ0v) is 24.1. The van der Waals surface area contributed by atoms with Crippen molar-refractivity contribution in [2.75, 3.05) is 30.3 Å². The number of fused-ring (bicyclic) bond motifs is 2. The van der Waals surface area contributed by atoms with Gasteiger partial charge in [-0.25, -0.2) is 0 Å². The molecule has 0 aliphatic carbocycles. The largest absolute Gasteiger partial charge is 0.390 e. The van der Waals surface area contributed by atoms with Gasteiger partial charge in [-0.3, -0.25) is 24.5 Å². The lowest BCUT2D eigenvalue weighted by atomic mass is 9.95. The number of amides is 4. The van der Waals surface area contributed by atoms with E-state index in [0.717, 1.165) is 37.0 Å². The van der Waals surface area contributed by atoms with Crippen LogP contribution in [0.5, 0.6) is 0 Å². The summed E-state index contributed by atoms with van der Waals surface area (Å²) in [5, 5.41) is 20.4. The van der Waals surface area contributed by atoms with E-state index in [2.05, 4.69) is 25.8 Å². The highest BCUT2D eigenvalue weighted by Crippen LogP contribution is 2.39. The molecule has 4 aromatic rings. The van der Waals surface area contributed by atoms with Gasteiger partial charge in [0.2, 0.25) is 11.8 Å². The minimum Gasteiger partial charge on any atom is -0.390 e. The van der Waals surface area contributed by atoms with Crippen LogP contribution in [0.3, 0.4) is 0 Å². The second kappa shape index (κ2) is 11.5. The summed E-state index contributed by atoms with van der Waals surface area (Å²) in [4.78, 5) is 55.8. The number of nitrogens with zero attached hydrogens (tertiary/aromatic N) is 2. The number of benzene rings is 2. The summed E-state index contributed by atoms with van der Waals surface area (Å²) in [6, 6.07) is 10.7. The zero-order chi connectivity index (χ0) is 30.2. The van der Waals surface area contributed by atoms with Crippen molar-refractivity contribution in [3.63, 3.8) is 0 Å². The number of nitrogens with one attached hydrogen (secondary N) is 4. The van der Waals surface area contributed by atoms with E-state index in [9.17, 15) is 24.3 Å². The molecule has 0 spiro atoms. The topological polar surface area (TPSA) is 149 Å². The number of imide groups is 1. The fraction of sp³-hybridized carbons (Fsp3) is 0.312. The third-order valence-electron chi connectivity index (χ3n) is 8.00. The molecule has 2 aromatic carbocycles. The number of β-amino-alcohol motifs (C(OH)–C–C–N with tert-alkyl or cyclic N) is 1. The van der Waals surface area contributed by atoms with Gasteiger partial charge in [0.25, 0.3) is 11.8 Å². The first-order chi connectivity index (χ1) is 20.7. The maximum Gasteiger partial charge on any atom is 0.259 e. The molecule has 0 saturated carbocycles. The third kappa shape index (κ3) is 5.69. The number of rotatable bonds is 8. The van der Waals surface area contributed by atoms with Crippen LogP contribution in [0.1, 0.15) is 44.2 Å². The van der Waals surface area contributed by atoms with Gasteiger partial charge in [0.15, 0.2) is 0 Å². The molecule has 6 rings (SSSR count). The van der Waals surface area contributed by atoms with Gasteiger partial charge in [-0.2, -0.15) is 0 Å². The quantitative estimate of drug-likeness (QED) is 0.201. The molecule has 11 nitrogen and oxygen atoms in total. The molecule has 11 heteroatoms. The van der Waals surface area contributed by atoms with Crippen molar-refractivity contribution in [3.05, 3.63) is 59.9 Å². The van der Waals surface area contributed by atoms with Gasteiger partial charge in [0, 0.05) is 83.6 Å². The highest BCUT2D eigenvalue weighted by Gasteiger charge is 2.35. The van der Waals surface area contributed by atoms with Gasteiger partial charge >= 0.3 is 0 Å². The maximum atomic E-state index is 13.4. The number of aromatic amines is 1. The SMILES string of the molecule is CC(=O)Nc1ccc2[nH]cc(C3=C(c4cn(CC(O)CN5CCCCC5)c5ccc(NC(C)=O)cc45)C(=O)NC3=O)c2c1. The Hall–Kier alpha value is -4.74. The van der Waals surface area contributed by atoms with E-state index in [1.807, 2.05) is 10.6 Å². The molecule has 2 aliphatic rings. The number of aromatic nitrogens is 2. The van der Waals surface area contributed by atoms with Gasteiger partial charge in [-0.1, -0.05) is 6.42 Å². The van der Waals surface area contributed by atoms with Crippen LogP contribution in [-0.4, -0.2) is 68.9 Å². The van der Waals surface area contributed by atoms with Crippen LogP contribution in [0.15, 0.2) is 48.8 Å². The number of hydrogen-bond acceptors (Lipinski definition) is 6. The number of hydrogen-bond donors (Lipinski definition) is 5. The van der Waals surface area contributed by atoms with Crippen molar-refractivity contribution in [2.45, 2.75) is 45.8 Å². The van der Waals surface area contributed by atoms with Crippen LogP contribution in [0.4, 0.5) is 11.4 Å². The molecule has 0 radical (unpaired) electrons. The molecule has 1 saturated heterocycles. The fourth-order valence-corrected chi connectivity index (χ4v) is 6.23. The van der Waals surface area contributed by atoms with Crippen LogP contribution in [0, 0.1) is 0 Å². The van der Waals surface area contributed by atoms with Crippen molar-refractivity contribution in [2.24, 2.45) is 0 Å². The predicted octanol–water partition coefficient (Wildman–Crippen LogP) is 3.45. The van der Waals surface area contributed by atoms with Crippen molar-refractivity contribution in [3.8, 4) is 0 Å². The van der Waals surface area contributed by atoms with E-state index in [1.165, 1.54) is 20.3 Å².